The van der Waals surface area contributed by atoms with Gasteiger partial charge in [0, 0.05) is 11.1 Å². The average Bonchev–Trinajstić information content (AvgIpc) is 3.26. The summed E-state index contributed by atoms with van der Waals surface area (Å²) in [6.45, 7) is 1.57. The minimum Gasteiger partial charge on any atom is -0.409 e. The van der Waals surface area contributed by atoms with E-state index in [1.54, 1.807) is 31.2 Å². The molecule has 0 saturated heterocycles. The molecule has 0 unspecified atom stereocenters. The lowest BCUT2D eigenvalue weighted by atomic mass is 10.2. The second-order valence-electron chi connectivity index (χ2n) is 5.93. The molecule has 0 amide bonds. The SMILES string of the molecule is Cc1nn(-c2ccc(-c3n[nH]c(=S)o3)cc2)c(=O)n1/N=C/c1cc(F)ccc1F. The Morgan fingerprint density at radius 3 is 2.66 bits per heavy atom. The lowest BCUT2D eigenvalue weighted by molar-refractivity contribution is 0.552. The van der Waals surface area contributed by atoms with Crippen molar-refractivity contribution in [3.8, 4) is 17.1 Å². The van der Waals surface area contributed by atoms with E-state index in [1.165, 1.54) is 0 Å². The molecule has 8 nitrogen and oxygen atoms in total. The minimum absolute atomic E-state index is 0.0859. The highest BCUT2D eigenvalue weighted by Gasteiger charge is 2.12. The summed E-state index contributed by atoms with van der Waals surface area (Å²) >= 11 is 4.84. The molecular weight excluding hydrogens is 402 g/mol. The van der Waals surface area contributed by atoms with E-state index in [1.807, 2.05) is 0 Å². The average molecular weight is 414 g/mol. The lowest BCUT2D eigenvalue weighted by Crippen LogP contribution is -2.21. The standard InChI is InChI=1S/C18H12F2N6O2S/c1-10-24-26(14-5-2-11(3-6-14)16-22-23-17(29)28-16)18(27)25(10)21-9-12-8-13(19)4-7-15(12)20/h2-9H,1H3,(H,23,29)/b21-9+. The molecule has 2 aromatic heterocycles. The molecule has 0 aliphatic heterocycles. The molecule has 0 radical (unpaired) electrons. The summed E-state index contributed by atoms with van der Waals surface area (Å²) in [5, 5.41) is 14.6. The van der Waals surface area contributed by atoms with Crippen molar-refractivity contribution in [2.75, 3.05) is 0 Å². The van der Waals surface area contributed by atoms with Crippen LogP contribution < -0.4 is 5.69 Å². The Kier molecular flexibility index (Phi) is 4.72. The summed E-state index contributed by atoms with van der Waals surface area (Å²) in [5.74, 6) is -0.683. The summed E-state index contributed by atoms with van der Waals surface area (Å²) in [6.07, 6.45) is 1.06. The van der Waals surface area contributed by atoms with Crippen LogP contribution in [0.5, 0.6) is 0 Å². The second-order valence-corrected chi connectivity index (χ2v) is 6.30. The largest absolute Gasteiger partial charge is 0.409 e. The van der Waals surface area contributed by atoms with Crippen molar-refractivity contribution in [2.24, 2.45) is 5.10 Å². The Labute approximate surface area is 166 Å². The van der Waals surface area contributed by atoms with Crippen LogP contribution in [-0.2, 0) is 0 Å². The van der Waals surface area contributed by atoms with E-state index in [-0.39, 0.29) is 16.2 Å². The van der Waals surface area contributed by atoms with Gasteiger partial charge in [-0.3, -0.25) is 0 Å². The first-order chi connectivity index (χ1) is 13.9. The normalized spacial score (nSPS) is 11.4. The lowest BCUT2D eigenvalue weighted by Gasteiger charge is -2.00. The molecule has 2 aromatic carbocycles. The molecule has 2 heterocycles. The number of aryl methyl sites for hydroxylation is 1. The molecular formula is C18H12F2N6O2S. The van der Waals surface area contributed by atoms with Gasteiger partial charge in [0.25, 0.3) is 4.84 Å². The maximum atomic E-state index is 13.7. The van der Waals surface area contributed by atoms with Gasteiger partial charge in [0.05, 0.1) is 11.9 Å². The van der Waals surface area contributed by atoms with E-state index in [2.05, 4.69) is 20.4 Å². The van der Waals surface area contributed by atoms with Gasteiger partial charge >= 0.3 is 5.69 Å². The van der Waals surface area contributed by atoms with Gasteiger partial charge in [-0.2, -0.15) is 14.5 Å². The molecule has 0 saturated carbocycles. The number of rotatable bonds is 4. The van der Waals surface area contributed by atoms with E-state index in [0.717, 1.165) is 33.8 Å². The van der Waals surface area contributed by atoms with Gasteiger partial charge in [-0.05, 0) is 61.6 Å². The monoisotopic (exact) mass is 414 g/mol. The van der Waals surface area contributed by atoms with E-state index in [9.17, 15) is 13.6 Å². The minimum atomic E-state index is -0.658. The number of nitrogens with zero attached hydrogens (tertiary/aromatic N) is 5. The second kappa shape index (κ2) is 7.36. The van der Waals surface area contributed by atoms with Crippen LogP contribution in [-0.4, -0.2) is 30.9 Å². The van der Waals surface area contributed by atoms with Crippen molar-refractivity contribution in [3.63, 3.8) is 0 Å². The number of aromatic amines is 1. The predicted octanol–water partition coefficient (Wildman–Crippen LogP) is 3.22. The molecule has 11 heteroatoms. The number of hydrogen-bond donors (Lipinski definition) is 1. The van der Waals surface area contributed by atoms with Gasteiger partial charge in [-0.15, -0.1) is 10.2 Å². The molecule has 0 aliphatic carbocycles. The Balaban J connectivity index is 1.67. The fourth-order valence-corrected chi connectivity index (χ4v) is 2.72. The van der Waals surface area contributed by atoms with Gasteiger partial charge in [-0.25, -0.2) is 18.7 Å². The van der Waals surface area contributed by atoms with Crippen molar-refractivity contribution in [2.45, 2.75) is 6.92 Å². The topological polar surface area (TPSA) is 94.0 Å². The van der Waals surface area contributed by atoms with E-state index in [4.69, 9.17) is 16.6 Å². The number of hydrogen-bond acceptors (Lipinski definition) is 6. The highest BCUT2D eigenvalue weighted by Crippen LogP contribution is 2.18. The molecule has 29 heavy (non-hydrogen) atoms. The Morgan fingerprint density at radius 2 is 1.97 bits per heavy atom. The number of benzene rings is 2. The van der Waals surface area contributed by atoms with Gasteiger partial charge in [0.1, 0.15) is 11.6 Å². The van der Waals surface area contributed by atoms with Crippen LogP contribution in [0.3, 0.4) is 0 Å². The molecule has 0 fully saturated rings. The van der Waals surface area contributed by atoms with Gasteiger partial charge < -0.3 is 4.42 Å². The number of halogens is 2. The first kappa shape index (κ1) is 18.6. The zero-order valence-corrected chi connectivity index (χ0v) is 15.7. The maximum Gasteiger partial charge on any atom is 0.371 e. The summed E-state index contributed by atoms with van der Waals surface area (Å²) in [5.41, 5.74) is 0.477. The first-order valence-electron chi connectivity index (χ1n) is 8.27. The number of aromatic nitrogens is 5. The highest BCUT2D eigenvalue weighted by atomic mass is 32.1. The molecule has 146 valence electrons. The molecule has 4 rings (SSSR count). The molecule has 0 aliphatic rings. The summed E-state index contributed by atoms with van der Waals surface area (Å²) in [4.78, 5) is 12.8. The third-order valence-corrected chi connectivity index (χ3v) is 4.16. The van der Waals surface area contributed by atoms with Crippen LogP contribution in [0.25, 0.3) is 17.1 Å². The predicted molar refractivity (Wildman–Crippen MR) is 103 cm³/mol. The van der Waals surface area contributed by atoms with Gasteiger partial charge in [-0.1, -0.05) is 0 Å². The first-order valence-corrected chi connectivity index (χ1v) is 8.67. The van der Waals surface area contributed by atoms with Crippen LogP contribution in [0.1, 0.15) is 11.4 Å². The van der Waals surface area contributed by atoms with Crippen molar-refractivity contribution in [3.05, 3.63) is 80.8 Å². The zero-order valence-electron chi connectivity index (χ0n) is 14.8. The fraction of sp³-hybridized carbons (Fsp3) is 0.0556. The summed E-state index contributed by atoms with van der Waals surface area (Å²) in [7, 11) is 0. The van der Waals surface area contributed by atoms with Gasteiger partial charge in [0.2, 0.25) is 5.89 Å². The zero-order chi connectivity index (χ0) is 20.5. The van der Waals surface area contributed by atoms with Crippen molar-refractivity contribution in [1.29, 1.82) is 0 Å². The molecule has 0 spiro atoms. The van der Waals surface area contributed by atoms with Crippen LogP contribution in [0.15, 0.2) is 56.8 Å². The van der Waals surface area contributed by atoms with Crippen LogP contribution in [0, 0.1) is 23.4 Å². The van der Waals surface area contributed by atoms with Crippen molar-refractivity contribution in [1.82, 2.24) is 24.7 Å². The Hall–Kier alpha value is -3.73. The number of H-pyrrole nitrogens is 1. The third-order valence-electron chi connectivity index (χ3n) is 3.98. The summed E-state index contributed by atoms with van der Waals surface area (Å²) in [6, 6.07) is 9.64. The van der Waals surface area contributed by atoms with Crippen LogP contribution >= 0.6 is 12.2 Å². The van der Waals surface area contributed by atoms with Crippen LogP contribution in [0.4, 0.5) is 8.78 Å². The highest BCUT2D eigenvalue weighted by molar-refractivity contribution is 7.71. The quantitative estimate of drug-likeness (QED) is 0.409. The van der Waals surface area contributed by atoms with Gasteiger partial charge in [0.15, 0.2) is 5.82 Å². The molecule has 4 aromatic rings. The molecule has 0 atom stereocenters. The Bertz CT molecular complexity index is 1330. The van der Waals surface area contributed by atoms with Crippen molar-refractivity contribution >= 4 is 18.4 Å². The third kappa shape index (κ3) is 3.67. The molecule has 0 bridgehead atoms. The van der Waals surface area contributed by atoms with E-state index in [0.29, 0.717) is 17.1 Å². The van der Waals surface area contributed by atoms with Crippen molar-refractivity contribution < 1.29 is 13.2 Å². The maximum absolute atomic E-state index is 13.7. The Morgan fingerprint density at radius 1 is 1.21 bits per heavy atom. The van der Waals surface area contributed by atoms with E-state index >= 15 is 0 Å². The fourth-order valence-electron chi connectivity index (χ4n) is 2.59. The summed E-state index contributed by atoms with van der Waals surface area (Å²) < 4.78 is 34.4. The smallest absolute Gasteiger partial charge is 0.371 e. The van der Waals surface area contributed by atoms with Crippen LogP contribution in [0.2, 0.25) is 0 Å². The molecule has 1 N–H and O–H groups in total. The number of nitrogens with one attached hydrogen (secondary N) is 1. The van der Waals surface area contributed by atoms with E-state index < -0.39 is 17.3 Å².